The predicted molar refractivity (Wildman–Crippen MR) is 67.7 cm³/mol. The van der Waals surface area contributed by atoms with E-state index in [1.165, 1.54) is 25.0 Å². The second-order valence-electron chi connectivity index (χ2n) is 5.32. The number of rotatable bonds is 3. The molecule has 17 heavy (non-hydrogen) atoms. The molecule has 0 amide bonds. The summed E-state index contributed by atoms with van der Waals surface area (Å²) in [6, 6.07) is 4.37. The molecule has 0 heterocycles. The van der Waals surface area contributed by atoms with Crippen molar-refractivity contribution in [2.45, 2.75) is 45.1 Å². The van der Waals surface area contributed by atoms with E-state index in [2.05, 4.69) is 6.92 Å². The van der Waals surface area contributed by atoms with Gasteiger partial charge in [0.1, 0.15) is 5.82 Å². The lowest BCUT2D eigenvalue weighted by Gasteiger charge is -2.30. The molecule has 1 atom stereocenters. The van der Waals surface area contributed by atoms with Crippen molar-refractivity contribution in [3.05, 3.63) is 34.6 Å². The smallest absolute Gasteiger partial charge is 0.124 e. The maximum absolute atomic E-state index is 12.9. The maximum atomic E-state index is 12.9. The molecule has 1 aromatic rings. The Morgan fingerprint density at radius 3 is 2.65 bits per heavy atom. The summed E-state index contributed by atoms with van der Waals surface area (Å²) in [6.45, 7) is 2.13. The van der Waals surface area contributed by atoms with E-state index < -0.39 is 6.10 Å². The van der Waals surface area contributed by atoms with Crippen molar-refractivity contribution in [1.29, 1.82) is 0 Å². The highest BCUT2D eigenvalue weighted by atomic mass is 35.5. The van der Waals surface area contributed by atoms with Crippen LogP contribution in [-0.4, -0.2) is 11.2 Å². The van der Waals surface area contributed by atoms with E-state index in [1.807, 2.05) is 0 Å². The first-order chi connectivity index (χ1) is 8.01. The van der Waals surface area contributed by atoms with Crippen LogP contribution in [0.15, 0.2) is 18.2 Å². The van der Waals surface area contributed by atoms with E-state index in [1.54, 1.807) is 6.07 Å². The van der Waals surface area contributed by atoms with Crippen molar-refractivity contribution in [3.63, 3.8) is 0 Å². The molecular formula is C14H18ClFO. The summed E-state index contributed by atoms with van der Waals surface area (Å²) in [5.41, 5.74) is 0.825. The van der Waals surface area contributed by atoms with Gasteiger partial charge in [-0.3, -0.25) is 0 Å². The van der Waals surface area contributed by atoms with Gasteiger partial charge >= 0.3 is 0 Å². The van der Waals surface area contributed by atoms with Crippen molar-refractivity contribution in [1.82, 2.24) is 0 Å². The molecule has 3 heteroatoms. The largest absolute Gasteiger partial charge is 0.392 e. The molecule has 0 radical (unpaired) electrons. The molecule has 1 aromatic carbocycles. The Morgan fingerprint density at radius 1 is 1.41 bits per heavy atom. The van der Waals surface area contributed by atoms with Crippen molar-refractivity contribution in [2.24, 2.45) is 5.41 Å². The van der Waals surface area contributed by atoms with Gasteiger partial charge in [-0.1, -0.05) is 37.4 Å². The van der Waals surface area contributed by atoms with Crippen LogP contribution in [0.1, 0.15) is 38.2 Å². The minimum Gasteiger partial charge on any atom is -0.392 e. The lowest BCUT2D eigenvalue weighted by Crippen LogP contribution is -2.31. The average Bonchev–Trinajstić information content (AvgIpc) is 2.71. The minimum atomic E-state index is -0.395. The Labute approximate surface area is 107 Å². The summed E-state index contributed by atoms with van der Waals surface area (Å²) in [5, 5.41) is 10.7. The first-order valence-corrected chi connectivity index (χ1v) is 6.51. The first-order valence-electron chi connectivity index (χ1n) is 6.13. The normalized spacial score (nSPS) is 20.5. The van der Waals surface area contributed by atoms with Crippen LogP contribution in [0.25, 0.3) is 0 Å². The van der Waals surface area contributed by atoms with Crippen LogP contribution in [0.4, 0.5) is 4.39 Å². The summed E-state index contributed by atoms with van der Waals surface area (Å²) < 4.78 is 12.9. The van der Waals surface area contributed by atoms with Crippen LogP contribution in [0.5, 0.6) is 0 Å². The molecule has 0 saturated heterocycles. The fraction of sp³-hybridized carbons (Fsp3) is 0.571. The standard InChI is InChI=1S/C14H18ClFO/c1-14(6-2-3-7-14)13(17)8-10-4-5-11(16)9-12(10)15/h4-5,9,13,17H,2-3,6-8H2,1H3. The van der Waals surface area contributed by atoms with Gasteiger partial charge in [-0.15, -0.1) is 0 Å². The van der Waals surface area contributed by atoms with Crippen LogP contribution in [0, 0.1) is 11.2 Å². The van der Waals surface area contributed by atoms with Gasteiger partial charge in [0.05, 0.1) is 6.10 Å². The first kappa shape index (κ1) is 12.8. The van der Waals surface area contributed by atoms with Crippen LogP contribution in [-0.2, 0) is 6.42 Å². The van der Waals surface area contributed by atoms with Crippen LogP contribution in [0.3, 0.4) is 0 Å². The van der Waals surface area contributed by atoms with E-state index in [9.17, 15) is 9.50 Å². The van der Waals surface area contributed by atoms with E-state index in [0.29, 0.717) is 11.4 Å². The lowest BCUT2D eigenvalue weighted by atomic mass is 9.80. The van der Waals surface area contributed by atoms with E-state index in [-0.39, 0.29) is 11.2 Å². The molecule has 2 rings (SSSR count). The fourth-order valence-corrected chi connectivity index (χ4v) is 2.90. The van der Waals surface area contributed by atoms with E-state index in [0.717, 1.165) is 18.4 Å². The highest BCUT2D eigenvalue weighted by Gasteiger charge is 2.35. The molecule has 94 valence electrons. The van der Waals surface area contributed by atoms with E-state index >= 15 is 0 Å². The van der Waals surface area contributed by atoms with Gasteiger partial charge in [0, 0.05) is 11.4 Å². The molecule has 1 aliphatic rings. The van der Waals surface area contributed by atoms with Crippen LogP contribution in [0.2, 0.25) is 5.02 Å². The molecule has 0 spiro atoms. The van der Waals surface area contributed by atoms with Gasteiger partial charge in [-0.25, -0.2) is 4.39 Å². The topological polar surface area (TPSA) is 20.2 Å². The molecule has 1 saturated carbocycles. The van der Waals surface area contributed by atoms with Gasteiger partial charge in [0.25, 0.3) is 0 Å². The van der Waals surface area contributed by atoms with Crippen molar-refractivity contribution in [3.8, 4) is 0 Å². The second kappa shape index (κ2) is 4.95. The third kappa shape index (κ3) is 2.80. The van der Waals surface area contributed by atoms with E-state index in [4.69, 9.17) is 11.6 Å². The zero-order valence-corrected chi connectivity index (χ0v) is 10.8. The summed E-state index contributed by atoms with van der Waals surface area (Å²) in [4.78, 5) is 0. The van der Waals surface area contributed by atoms with Crippen molar-refractivity contribution in [2.75, 3.05) is 0 Å². The zero-order valence-electron chi connectivity index (χ0n) is 10.0. The van der Waals surface area contributed by atoms with Crippen LogP contribution < -0.4 is 0 Å². The summed E-state index contributed by atoms with van der Waals surface area (Å²) in [7, 11) is 0. The van der Waals surface area contributed by atoms with Gasteiger partial charge in [-0.05, 0) is 36.0 Å². The zero-order chi connectivity index (χ0) is 12.5. The Hall–Kier alpha value is -0.600. The Bertz CT molecular complexity index is 399. The number of halogens is 2. The molecule has 1 N–H and O–H groups in total. The molecule has 0 bridgehead atoms. The highest BCUT2D eigenvalue weighted by molar-refractivity contribution is 6.31. The van der Waals surface area contributed by atoms with Gasteiger partial charge in [0.2, 0.25) is 0 Å². The molecule has 1 unspecified atom stereocenters. The molecule has 0 aliphatic heterocycles. The number of benzene rings is 1. The van der Waals surface area contributed by atoms with Crippen molar-refractivity contribution < 1.29 is 9.50 Å². The fourth-order valence-electron chi connectivity index (χ4n) is 2.66. The second-order valence-corrected chi connectivity index (χ2v) is 5.72. The maximum Gasteiger partial charge on any atom is 0.124 e. The molecule has 1 aliphatic carbocycles. The molecule has 1 fully saturated rings. The third-order valence-electron chi connectivity index (χ3n) is 3.98. The molecule has 0 aromatic heterocycles. The monoisotopic (exact) mass is 256 g/mol. The molecular weight excluding hydrogens is 239 g/mol. The number of aliphatic hydroxyl groups excluding tert-OH is 1. The summed E-state index contributed by atoms with van der Waals surface area (Å²) >= 11 is 5.97. The lowest BCUT2D eigenvalue weighted by molar-refractivity contribution is 0.0424. The van der Waals surface area contributed by atoms with Gasteiger partial charge in [-0.2, -0.15) is 0 Å². The SMILES string of the molecule is CC1(C(O)Cc2ccc(F)cc2Cl)CCCC1. The Morgan fingerprint density at radius 2 is 2.06 bits per heavy atom. The third-order valence-corrected chi connectivity index (χ3v) is 4.33. The Balaban J connectivity index is 2.10. The van der Waals surface area contributed by atoms with Crippen LogP contribution >= 0.6 is 11.6 Å². The van der Waals surface area contributed by atoms with Gasteiger partial charge < -0.3 is 5.11 Å². The quantitative estimate of drug-likeness (QED) is 0.868. The highest BCUT2D eigenvalue weighted by Crippen LogP contribution is 2.41. The number of aliphatic hydroxyl groups is 1. The molecule has 1 nitrogen and oxygen atoms in total. The van der Waals surface area contributed by atoms with Crippen molar-refractivity contribution >= 4 is 11.6 Å². The predicted octanol–water partition coefficient (Wildman–Crippen LogP) is 3.96. The summed E-state index contributed by atoms with van der Waals surface area (Å²) in [6.07, 6.45) is 4.61. The average molecular weight is 257 g/mol. The van der Waals surface area contributed by atoms with Gasteiger partial charge in [0.15, 0.2) is 0 Å². The number of hydrogen-bond acceptors (Lipinski definition) is 1. The number of hydrogen-bond donors (Lipinski definition) is 1. The Kier molecular flexibility index (Phi) is 3.74. The summed E-state index contributed by atoms with van der Waals surface area (Å²) in [5.74, 6) is -0.333. The minimum absolute atomic E-state index is 0.00227.